The molecule has 0 aromatic carbocycles. The Labute approximate surface area is 172 Å². The van der Waals surface area contributed by atoms with Gasteiger partial charge in [0.05, 0.1) is 15.8 Å². The van der Waals surface area contributed by atoms with Crippen molar-refractivity contribution in [3.05, 3.63) is 27.6 Å². The first-order valence-electron chi connectivity index (χ1n) is 9.73. The summed E-state index contributed by atoms with van der Waals surface area (Å²) in [6.45, 7) is 2.70. The van der Waals surface area contributed by atoms with Gasteiger partial charge in [-0.3, -0.25) is 9.36 Å². The predicted octanol–water partition coefficient (Wildman–Crippen LogP) is 3.69. The van der Waals surface area contributed by atoms with Crippen LogP contribution in [0.15, 0.2) is 9.32 Å². The Bertz CT molecular complexity index is 1080. The van der Waals surface area contributed by atoms with E-state index in [2.05, 4.69) is 10.1 Å². The van der Waals surface area contributed by atoms with Crippen molar-refractivity contribution in [3.8, 4) is 10.8 Å². The summed E-state index contributed by atoms with van der Waals surface area (Å²) >= 11 is 1.46. The van der Waals surface area contributed by atoms with E-state index in [9.17, 15) is 4.79 Å². The first-order chi connectivity index (χ1) is 13.1. The number of aryl methyl sites for hydroxylation is 2. The lowest BCUT2D eigenvalue weighted by atomic mass is 9.99. The zero-order valence-electron chi connectivity index (χ0n) is 15.9. The van der Waals surface area contributed by atoms with Gasteiger partial charge in [0.25, 0.3) is 11.4 Å². The molecule has 0 amide bonds. The topological polar surface area (TPSA) is 99.8 Å². The van der Waals surface area contributed by atoms with E-state index in [1.165, 1.54) is 11.3 Å². The molecule has 2 aliphatic rings. The van der Waals surface area contributed by atoms with Gasteiger partial charge < -0.3 is 10.3 Å². The molecule has 28 heavy (non-hydrogen) atoms. The minimum Gasteiger partial charge on any atom is -0.333 e. The van der Waals surface area contributed by atoms with Gasteiger partial charge in [-0.25, -0.2) is 4.98 Å². The Balaban J connectivity index is 0.00000192. The summed E-state index contributed by atoms with van der Waals surface area (Å²) in [4.78, 5) is 24.1. The Kier molecular flexibility index (Phi) is 5.05. The van der Waals surface area contributed by atoms with E-state index < -0.39 is 5.54 Å². The van der Waals surface area contributed by atoms with E-state index in [1.807, 2.05) is 11.5 Å². The largest absolute Gasteiger partial charge is 0.333 e. The van der Waals surface area contributed by atoms with E-state index in [-0.39, 0.29) is 18.0 Å². The quantitative estimate of drug-likeness (QED) is 0.677. The molecule has 1 saturated carbocycles. The van der Waals surface area contributed by atoms with E-state index in [1.54, 1.807) is 0 Å². The van der Waals surface area contributed by atoms with Gasteiger partial charge in [-0.05, 0) is 38.2 Å². The van der Waals surface area contributed by atoms with E-state index in [0.717, 1.165) is 79.0 Å². The molecule has 0 spiro atoms. The number of halogens is 1. The minimum atomic E-state index is -0.485. The molecule has 7 nitrogen and oxygen atoms in total. The van der Waals surface area contributed by atoms with Gasteiger partial charge >= 0.3 is 0 Å². The van der Waals surface area contributed by atoms with Crippen molar-refractivity contribution in [1.82, 2.24) is 19.7 Å². The van der Waals surface area contributed by atoms with Crippen LogP contribution >= 0.6 is 23.7 Å². The second kappa shape index (κ2) is 7.24. The molecule has 9 heteroatoms. The predicted molar refractivity (Wildman–Crippen MR) is 111 cm³/mol. The molecule has 1 aliphatic carbocycles. The average Bonchev–Trinajstić information content (AvgIpc) is 3.32. The Morgan fingerprint density at radius 1 is 1.14 bits per heavy atom. The first kappa shape index (κ1) is 19.5. The van der Waals surface area contributed by atoms with Crippen LogP contribution in [0.2, 0.25) is 0 Å². The molecule has 3 aromatic heterocycles. The summed E-state index contributed by atoms with van der Waals surface area (Å²) in [5, 5.41) is 4.85. The van der Waals surface area contributed by atoms with Crippen LogP contribution in [0.5, 0.6) is 0 Å². The summed E-state index contributed by atoms with van der Waals surface area (Å²) in [6, 6.07) is 0. The van der Waals surface area contributed by atoms with Crippen LogP contribution < -0.4 is 11.3 Å². The molecule has 5 rings (SSSR count). The molecule has 0 unspecified atom stereocenters. The van der Waals surface area contributed by atoms with Crippen molar-refractivity contribution in [1.29, 1.82) is 0 Å². The fourth-order valence-electron chi connectivity index (χ4n) is 4.36. The highest BCUT2D eigenvalue weighted by molar-refractivity contribution is 7.22. The third kappa shape index (κ3) is 2.98. The van der Waals surface area contributed by atoms with Crippen molar-refractivity contribution < 1.29 is 4.52 Å². The number of rotatable bonds is 2. The number of hydrogen-bond donors (Lipinski definition) is 1. The van der Waals surface area contributed by atoms with Crippen molar-refractivity contribution >= 4 is 34.0 Å². The van der Waals surface area contributed by atoms with Crippen LogP contribution in [0.1, 0.15) is 62.2 Å². The molecule has 0 saturated heterocycles. The molecule has 1 aliphatic heterocycles. The van der Waals surface area contributed by atoms with Gasteiger partial charge in [0.15, 0.2) is 5.82 Å². The molecule has 2 N–H and O–H groups in total. The highest BCUT2D eigenvalue weighted by Gasteiger charge is 2.36. The lowest BCUT2D eigenvalue weighted by Crippen LogP contribution is -2.34. The standard InChI is InChI=1S/C19H23N5O2S.ClH/c1-11-13-16(21-12-7-3-2-6-10-24(12)17(13)25)27-14(11)15-22-18(23-26-15)19(20)8-4-5-9-19;/h2-10,20H2,1H3;1H. The minimum absolute atomic E-state index is 0. The molecule has 4 heterocycles. The molecule has 1 fully saturated rings. The number of nitrogens with two attached hydrogens (primary N) is 1. The van der Waals surface area contributed by atoms with Gasteiger partial charge in [-0.1, -0.05) is 24.4 Å². The van der Waals surface area contributed by atoms with Gasteiger partial charge in [-0.2, -0.15) is 4.98 Å². The lowest BCUT2D eigenvalue weighted by Gasteiger charge is -2.17. The highest BCUT2D eigenvalue weighted by atomic mass is 35.5. The molecule has 0 bridgehead atoms. The molecular formula is C19H24ClN5O2S. The highest BCUT2D eigenvalue weighted by Crippen LogP contribution is 2.38. The summed E-state index contributed by atoms with van der Waals surface area (Å²) in [7, 11) is 0. The van der Waals surface area contributed by atoms with Gasteiger partial charge in [0, 0.05) is 13.0 Å². The van der Waals surface area contributed by atoms with Crippen molar-refractivity contribution in [3.63, 3.8) is 0 Å². The van der Waals surface area contributed by atoms with Crippen molar-refractivity contribution in [2.24, 2.45) is 5.73 Å². The lowest BCUT2D eigenvalue weighted by molar-refractivity contribution is 0.373. The van der Waals surface area contributed by atoms with Crippen LogP contribution in [0.3, 0.4) is 0 Å². The normalized spacial score (nSPS) is 18.6. The van der Waals surface area contributed by atoms with E-state index >= 15 is 0 Å². The number of thiophene rings is 1. The average molecular weight is 422 g/mol. The number of hydrogen-bond acceptors (Lipinski definition) is 7. The summed E-state index contributed by atoms with van der Waals surface area (Å²) < 4.78 is 7.41. The third-order valence-electron chi connectivity index (χ3n) is 5.97. The van der Waals surface area contributed by atoms with Gasteiger partial charge in [0.1, 0.15) is 10.7 Å². The van der Waals surface area contributed by atoms with Crippen LogP contribution in [0.25, 0.3) is 21.0 Å². The SMILES string of the molecule is Cc1c(-c2nc(C3(N)CCCC3)no2)sc2nc3n(c(=O)c12)CCCCC3.Cl. The first-order valence-corrected chi connectivity index (χ1v) is 10.5. The zero-order chi connectivity index (χ0) is 18.6. The second-order valence-corrected chi connectivity index (χ2v) is 8.82. The van der Waals surface area contributed by atoms with Gasteiger partial charge in [0.2, 0.25) is 0 Å². The Morgan fingerprint density at radius 3 is 2.71 bits per heavy atom. The van der Waals surface area contributed by atoms with Crippen molar-refractivity contribution in [2.75, 3.05) is 0 Å². The number of nitrogens with zero attached hydrogens (tertiary/aromatic N) is 4. The van der Waals surface area contributed by atoms with Crippen LogP contribution in [0.4, 0.5) is 0 Å². The number of aromatic nitrogens is 4. The smallest absolute Gasteiger partial charge is 0.268 e. The second-order valence-electron chi connectivity index (χ2n) is 7.82. The summed E-state index contributed by atoms with van der Waals surface area (Å²) in [5.41, 5.74) is 6.91. The molecule has 0 radical (unpaired) electrons. The van der Waals surface area contributed by atoms with E-state index in [4.69, 9.17) is 15.2 Å². The maximum atomic E-state index is 13.1. The number of fused-ring (bicyclic) bond motifs is 2. The monoisotopic (exact) mass is 421 g/mol. The van der Waals surface area contributed by atoms with Crippen molar-refractivity contribution in [2.45, 2.75) is 70.4 Å². The molecular weight excluding hydrogens is 398 g/mol. The Hall–Kier alpha value is -1.77. The van der Waals surface area contributed by atoms with Gasteiger partial charge in [-0.15, -0.1) is 23.7 Å². The molecule has 3 aromatic rings. The van der Waals surface area contributed by atoms with Crippen LogP contribution in [-0.2, 0) is 18.5 Å². The summed E-state index contributed by atoms with van der Waals surface area (Å²) in [5.74, 6) is 1.92. The van der Waals surface area contributed by atoms with Crippen LogP contribution in [0, 0.1) is 6.92 Å². The fraction of sp³-hybridized carbons (Fsp3) is 0.579. The molecule has 150 valence electrons. The fourth-order valence-corrected chi connectivity index (χ4v) is 5.47. The van der Waals surface area contributed by atoms with E-state index in [0.29, 0.717) is 17.1 Å². The Morgan fingerprint density at radius 2 is 1.93 bits per heavy atom. The summed E-state index contributed by atoms with van der Waals surface area (Å²) in [6.07, 6.45) is 8.07. The molecule has 0 atom stereocenters. The maximum Gasteiger partial charge on any atom is 0.268 e. The maximum absolute atomic E-state index is 13.1. The third-order valence-corrected chi connectivity index (χ3v) is 7.15. The zero-order valence-corrected chi connectivity index (χ0v) is 17.5. The van der Waals surface area contributed by atoms with Crippen LogP contribution in [-0.4, -0.2) is 19.7 Å².